The molecular weight excluding hydrogens is 413 g/mol. The zero-order valence-electron chi connectivity index (χ0n) is 17.1. The number of halogens is 4. The van der Waals surface area contributed by atoms with E-state index < -0.39 is 22.7 Å². The topological polar surface area (TPSA) is 32.3 Å². The fraction of sp³-hybridized carbons (Fsp3) is 0.435. The van der Waals surface area contributed by atoms with E-state index in [1.54, 1.807) is 0 Å². The number of carbonyl (C=O) groups excluding carboxylic acids is 1. The summed E-state index contributed by atoms with van der Waals surface area (Å²) in [5.41, 5.74) is -0.585. The Bertz CT molecular complexity index is 878. The largest absolute Gasteiger partial charge is 0.417 e. The first-order valence-electron chi connectivity index (χ1n) is 10.1. The molecular formula is C23H26ClF3N2O. The highest BCUT2D eigenvalue weighted by Crippen LogP contribution is 2.42. The van der Waals surface area contributed by atoms with Crippen LogP contribution in [0, 0.1) is 0 Å². The Morgan fingerprint density at radius 3 is 2.23 bits per heavy atom. The van der Waals surface area contributed by atoms with E-state index in [0.29, 0.717) is 0 Å². The summed E-state index contributed by atoms with van der Waals surface area (Å²) in [6.45, 7) is 0. The van der Waals surface area contributed by atoms with Crippen LogP contribution in [0.15, 0.2) is 48.5 Å². The van der Waals surface area contributed by atoms with Crippen molar-refractivity contribution >= 4 is 17.5 Å². The molecule has 1 unspecified atom stereocenters. The Morgan fingerprint density at radius 2 is 1.67 bits per heavy atom. The number of nitrogens with zero attached hydrogens (tertiary/aromatic N) is 1. The molecule has 0 radical (unpaired) electrons. The second-order valence-electron chi connectivity index (χ2n) is 8.04. The monoisotopic (exact) mass is 438 g/mol. The van der Waals surface area contributed by atoms with Gasteiger partial charge in [0.2, 0.25) is 0 Å². The van der Waals surface area contributed by atoms with Gasteiger partial charge in [-0.3, -0.25) is 4.79 Å². The minimum absolute atomic E-state index is 0.169. The Balaban J connectivity index is 2.02. The van der Waals surface area contributed by atoms with Gasteiger partial charge in [-0.2, -0.15) is 13.2 Å². The van der Waals surface area contributed by atoms with Crippen molar-refractivity contribution < 1.29 is 18.0 Å². The van der Waals surface area contributed by atoms with E-state index in [0.717, 1.165) is 43.7 Å². The van der Waals surface area contributed by atoms with Crippen LogP contribution in [0.5, 0.6) is 0 Å². The molecule has 2 aromatic rings. The lowest BCUT2D eigenvalue weighted by Gasteiger charge is -2.49. The van der Waals surface area contributed by atoms with Crippen molar-refractivity contribution in [1.82, 2.24) is 10.2 Å². The molecule has 1 saturated carbocycles. The Morgan fingerprint density at radius 1 is 1.03 bits per heavy atom. The Hall–Kier alpha value is -2.05. The normalized spacial score (nSPS) is 17.6. The summed E-state index contributed by atoms with van der Waals surface area (Å²) in [5, 5.41) is 2.46. The van der Waals surface area contributed by atoms with Crippen molar-refractivity contribution in [2.24, 2.45) is 0 Å². The molecule has 3 rings (SSSR count). The summed E-state index contributed by atoms with van der Waals surface area (Å²) in [6.07, 6.45) is 0.334. The fourth-order valence-corrected chi connectivity index (χ4v) is 4.79. The highest BCUT2D eigenvalue weighted by Gasteiger charge is 2.44. The first-order chi connectivity index (χ1) is 14.2. The first-order valence-corrected chi connectivity index (χ1v) is 10.4. The highest BCUT2D eigenvalue weighted by atomic mass is 35.5. The van der Waals surface area contributed by atoms with Gasteiger partial charge in [-0.25, -0.2) is 0 Å². The van der Waals surface area contributed by atoms with Gasteiger partial charge in [0, 0.05) is 5.54 Å². The number of carbonyl (C=O) groups is 1. The average molecular weight is 439 g/mol. The molecule has 0 heterocycles. The number of hydrogen-bond donors (Lipinski definition) is 1. The molecule has 162 valence electrons. The van der Waals surface area contributed by atoms with Crippen molar-refractivity contribution in [3.05, 3.63) is 70.2 Å². The van der Waals surface area contributed by atoms with Crippen LogP contribution in [0.3, 0.4) is 0 Å². The molecule has 1 atom stereocenters. The summed E-state index contributed by atoms with van der Waals surface area (Å²) in [5.74, 6) is -0.605. The van der Waals surface area contributed by atoms with Crippen molar-refractivity contribution in [2.45, 2.75) is 49.9 Å². The molecule has 7 heteroatoms. The summed E-state index contributed by atoms with van der Waals surface area (Å²) in [7, 11) is 3.98. The molecule has 1 aliphatic rings. The molecule has 0 spiro atoms. The number of benzene rings is 2. The quantitative estimate of drug-likeness (QED) is 0.612. The van der Waals surface area contributed by atoms with Crippen LogP contribution in [0.2, 0.25) is 5.02 Å². The molecule has 2 aromatic carbocycles. The third-order valence-electron chi connectivity index (χ3n) is 6.10. The van der Waals surface area contributed by atoms with E-state index in [1.165, 1.54) is 12.1 Å². The van der Waals surface area contributed by atoms with Crippen LogP contribution >= 0.6 is 11.6 Å². The molecule has 30 heavy (non-hydrogen) atoms. The van der Waals surface area contributed by atoms with Crippen LogP contribution in [0.1, 0.15) is 59.6 Å². The molecule has 0 aromatic heterocycles. The lowest BCUT2D eigenvalue weighted by molar-refractivity contribution is -0.137. The SMILES string of the molecule is CN(C)C1(C(NC(=O)c2cccc(C(F)(F)F)c2Cl)c2ccccc2)CCCCC1. The summed E-state index contributed by atoms with van der Waals surface area (Å²) in [4.78, 5) is 15.3. The van der Waals surface area contributed by atoms with E-state index in [1.807, 2.05) is 44.4 Å². The van der Waals surface area contributed by atoms with Gasteiger partial charge in [0.15, 0.2) is 0 Å². The number of nitrogens with one attached hydrogen (secondary N) is 1. The minimum Gasteiger partial charge on any atom is -0.343 e. The second-order valence-corrected chi connectivity index (χ2v) is 8.42. The molecule has 1 aliphatic carbocycles. The lowest BCUT2D eigenvalue weighted by Crippen LogP contribution is -2.56. The molecule has 0 aliphatic heterocycles. The highest BCUT2D eigenvalue weighted by molar-refractivity contribution is 6.34. The van der Waals surface area contributed by atoms with Gasteiger partial charge in [-0.05, 0) is 44.6 Å². The molecule has 1 fully saturated rings. The molecule has 1 N–H and O–H groups in total. The van der Waals surface area contributed by atoms with Crippen LogP contribution in [0.25, 0.3) is 0 Å². The minimum atomic E-state index is -4.62. The first kappa shape index (κ1) is 22.6. The number of alkyl halides is 3. The van der Waals surface area contributed by atoms with E-state index in [4.69, 9.17) is 11.6 Å². The lowest BCUT2D eigenvalue weighted by atomic mass is 9.73. The van der Waals surface area contributed by atoms with Gasteiger partial charge >= 0.3 is 6.18 Å². The van der Waals surface area contributed by atoms with E-state index in [-0.39, 0.29) is 17.1 Å². The average Bonchev–Trinajstić information content (AvgIpc) is 2.72. The number of hydrogen-bond acceptors (Lipinski definition) is 2. The smallest absolute Gasteiger partial charge is 0.343 e. The number of rotatable bonds is 5. The maximum absolute atomic E-state index is 13.3. The van der Waals surface area contributed by atoms with Gasteiger partial charge < -0.3 is 10.2 Å². The van der Waals surface area contributed by atoms with E-state index >= 15 is 0 Å². The second kappa shape index (κ2) is 8.98. The van der Waals surface area contributed by atoms with Gasteiger partial charge in [0.1, 0.15) is 0 Å². The maximum Gasteiger partial charge on any atom is 0.417 e. The van der Waals surface area contributed by atoms with Crippen LogP contribution in [-0.2, 0) is 6.18 Å². The molecule has 0 saturated heterocycles. The van der Waals surface area contributed by atoms with Crippen molar-refractivity contribution in [1.29, 1.82) is 0 Å². The van der Waals surface area contributed by atoms with Gasteiger partial charge in [0.05, 0.1) is 22.2 Å². The summed E-state index contributed by atoms with van der Waals surface area (Å²) in [6, 6.07) is 12.6. The van der Waals surface area contributed by atoms with Crippen molar-refractivity contribution in [2.75, 3.05) is 14.1 Å². The third-order valence-corrected chi connectivity index (χ3v) is 6.51. The van der Waals surface area contributed by atoms with Crippen LogP contribution in [0.4, 0.5) is 13.2 Å². The summed E-state index contributed by atoms with van der Waals surface area (Å²) >= 11 is 6.01. The zero-order chi connectivity index (χ0) is 21.9. The zero-order valence-corrected chi connectivity index (χ0v) is 17.9. The van der Waals surface area contributed by atoms with Gasteiger partial charge in [-0.1, -0.05) is 67.3 Å². The van der Waals surface area contributed by atoms with E-state index in [9.17, 15) is 18.0 Å². The van der Waals surface area contributed by atoms with Gasteiger partial charge in [0.25, 0.3) is 5.91 Å². The predicted octanol–water partition coefficient (Wildman–Crippen LogP) is 6.09. The maximum atomic E-state index is 13.3. The van der Waals surface area contributed by atoms with Gasteiger partial charge in [-0.15, -0.1) is 0 Å². The molecule has 1 amide bonds. The predicted molar refractivity (Wildman–Crippen MR) is 113 cm³/mol. The number of likely N-dealkylation sites (N-methyl/N-ethyl adjacent to an activating group) is 1. The van der Waals surface area contributed by atoms with Crippen molar-refractivity contribution in [3.8, 4) is 0 Å². The van der Waals surface area contributed by atoms with Crippen LogP contribution in [-0.4, -0.2) is 30.4 Å². The van der Waals surface area contributed by atoms with Crippen LogP contribution < -0.4 is 5.32 Å². The fourth-order valence-electron chi connectivity index (χ4n) is 4.47. The summed E-state index contributed by atoms with van der Waals surface area (Å²) < 4.78 is 39.8. The van der Waals surface area contributed by atoms with E-state index in [2.05, 4.69) is 10.2 Å². The Kier molecular flexibility index (Phi) is 6.78. The Labute approximate surface area is 180 Å². The number of amides is 1. The standard InChI is InChI=1S/C23H26ClF3N2O/c1-29(2)22(14-7-4-8-15-22)20(16-10-5-3-6-11-16)28-21(30)17-12-9-13-18(19(17)24)23(25,26)27/h3,5-6,9-13,20H,4,7-8,14-15H2,1-2H3,(H,28,30). The van der Waals surface area contributed by atoms with Crippen molar-refractivity contribution in [3.63, 3.8) is 0 Å². The third kappa shape index (κ3) is 4.49. The molecule has 0 bridgehead atoms. The molecule has 3 nitrogen and oxygen atoms in total.